The Labute approximate surface area is 83.5 Å². The summed E-state index contributed by atoms with van der Waals surface area (Å²) in [5.74, 6) is 0. The van der Waals surface area contributed by atoms with Crippen LogP contribution < -0.4 is 5.32 Å². The minimum absolute atomic E-state index is 0. The van der Waals surface area contributed by atoms with Crippen LogP contribution in [0.2, 0.25) is 5.02 Å². The Balaban J connectivity index is 0.000000720. The van der Waals surface area contributed by atoms with E-state index in [0.717, 1.165) is 11.1 Å². The number of nitrogens with one attached hydrogen (secondary N) is 1. The van der Waals surface area contributed by atoms with Gasteiger partial charge in [0, 0.05) is 16.8 Å². The van der Waals surface area contributed by atoms with Gasteiger partial charge in [-0.1, -0.05) is 11.6 Å². The van der Waals surface area contributed by atoms with Crippen LogP contribution in [-0.2, 0) is 0 Å². The number of benzene rings is 1. The molecule has 1 N–H and O–H groups in total. The summed E-state index contributed by atoms with van der Waals surface area (Å²) >= 11 is 5.74. The van der Waals surface area contributed by atoms with Gasteiger partial charge in [0.1, 0.15) is 0 Å². The van der Waals surface area contributed by atoms with Gasteiger partial charge in [0.25, 0.3) is 0 Å². The Morgan fingerprint density at radius 3 is 2.25 bits per heavy atom. The van der Waals surface area contributed by atoms with Crippen molar-refractivity contribution in [1.29, 1.82) is 0 Å². The van der Waals surface area contributed by atoms with E-state index in [2.05, 4.69) is 5.32 Å². The van der Waals surface area contributed by atoms with Crippen molar-refractivity contribution >= 4 is 29.7 Å². The van der Waals surface area contributed by atoms with Crippen molar-refractivity contribution in [3.63, 3.8) is 0 Å². The molecule has 66 valence electrons. The lowest BCUT2D eigenvalue weighted by atomic mass is 10.3. The SMILES string of the molecule is Cl.Clc1ccc(NC2CC2)cc1. The first-order valence-corrected chi connectivity index (χ1v) is 4.24. The van der Waals surface area contributed by atoms with E-state index in [1.165, 1.54) is 18.5 Å². The van der Waals surface area contributed by atoms with E-state index in [1.54, 1.807) is 0 Å². The van der Waals surface area contributed by atoms with Crippen LogP contribution in [0, 0.1) is 0 Å². The van der Waals surface area contributed by atoms with Crippen LogP contribution in [0.3, 0.4) is 0 Å². The van der Waals surface area contributed by atoms with E-state index in [4.69, 9.17) is 11.6 Å². The van der Waals surface area contributed by atoms with Crippen LogP contribution in [-0.4, -0.2) is 6.04 Å². The molecule has 0 radical (unpaired) electrons. The second-order valence-electron chi connectivity index (χ2n) is 2.93. The van der Waals surface area contributed by atoms with Gasteiger partial charge in [-0.3, -0.25) is 0 Å². The normalized spacial score (nSPS) is 15.1. The van der Waals surface area contributed by atoms with Crippen LogP contribution >= 0.6 is 24.0 Å². The zero-order valence-electron chi connectivity index (χ0n) is 6.59. The van der Waals surface area contributed by atoms with Crippen molar-refractivity contribution in [3.05, 3.63) is 29.3 Å². The molecule has 1 nitrogen and oxygen atoms in total. The highest BCUT2D eigenvalue weighted by Crippen LogP contribution is 2.25. The van der Waals surface area contributed by atoms with Gasteiger partial charge in [-0.2, -0.15) is 0 Å². The van der Waals surface area contributed by atoms with Crippen LogP contribution in [0.1, 0.15) is 12.8 Å². The molecule has 3 heteroatoms. The summed E-state index contributed by atoms with van der Waals surface area (Å²) in [6, 6.07) is 8.57. The predicted octanol–water partition coefficient (Wildman–Crippen LogP) is 3.34. The highest BCUT2D eigenvalue weighted by molar-refractivity contribution is 6.30. The number of halogens is 2. The van der Waals surface area contributed by atoms with Crippen LogP contribution in [0.5, 0.6) is 0 Å². The molecule has 1 aliphatic carbocycles. The summed E-state index contributed by atoms with van der Waals surface area (Å²) in [6.45, 7) is 0. The summed E-state index contributed by atoms with van der Waals surface area (Å²) in [5, 5.41) is 4.18. The molecule has 12 heavy (non-hydrogen) atoms. The fourth-order valence-electron chi connectivity index (χ4n) is 1.01. The Hall–Kier alpha value is -0.400. The Morgan fingerprint density at radius 1 is 1.17 bits per heavy atom. The lowest BCUT2D eigenvalue weighted by Gasteiger charge is -2.02. The number of hydrogen-bond acceptors (Lipinski definition) is 1. The van der Waals surface area contributed by atoms with Gasteiger partial charge in [0.15, 0.2) is 0 Å². The lowest BCUT2D eigenvalue weighted by Crippen LogP contribution is -1.99. The topological polar surface area (TPSA) is 12.0 Å². The molecular formula is C9H11Cl2N. The molecule has 1 aromatic rings. The van der Waals surface area contributed by atoms with Gasteiger partial charge in [-0.25, -0.2) is 0 Å². The van der Waals surface area contributed by atoms with Crippen LogP contribution in [0.25, 0.3) is 0 Å². The second-order valence-corrected chi connectivity index (χ2v) is 3.36. The molecular weight excluding hydrogens is 193 g/mol. The third kappa shape index (κ3) is 2.58. The molecule has 1 aliphatic rings. The Bertz CT molecular complexity index is 241. The summed E-state index contributed by atoms with van der Waals surface area (Å²) in [4.78, 5) is 0. The van der Waals surface area contributed by atoms with Crippen LogP contribution in [0.4, 0.5) is 5.69 Å². The number of anilines is 1. The van der Waals surface area contributed by atoms with Crippen molar-refractivity contribution < 1.29 is 0 Å². The number of rotatable bonds is 2. The average Bonchev–Trinajstić information content (AvgIpc) is 2.78. The van der Waals surface area contributed by atoms with Crippen molar-refractivity contribution in [2.75, 3.05) is 5.32 Å². The lowest BCUT2D eigenvalue weighted by molar-refractivity contribution is 1.16. The zero-order chi connectivity index (χ0) is 7.68. The fraction of sp³-hybridized carbons (Fsp3) is 0.333. The molecule has 0 atom stereocenters. The third-order valence-corrected chi connectivity index (χ3v) is 2.04. The van der Waals surface area contributed by atoms with Gasteiger partial charge >= 0.3 is 0 Å². The highest BCUT2D eigenvalue weighted by Gasteiger charge is 2.20. The second kappa shape index (κ2) is 4.01. The van der Waals surface area contributed by atoms with E-state index >= 15 is 0 Å². The fourth-order valence-corrected chi connectivity index (χ4v) is 1.14. The zero-order valence-corrected chi connectivity index (χ0v) is 8.16. The first-order chi connectivity index (χ1) is 5.34. The summed E-state index contributed by atoms with van der Waals surface area (Å²) < 4.78 is 0. The van der Waals surface area contributed by atoms with Gasteiger partial charge in [0.05, 0.1) is 0 Å². The quantitative estimate of drug-likeness (QED) is 0.778. The molecule has 0 spiro atoms. The highest BCUT2D eigenvalue weighted by atomic mass is 35.5. The molecule has 0 bridgehead atoms. The Morgan fingerprint density at radius 2 is 1.75 bits per heavy atom. The minimum atomic E-state index is 0. The maximum atomic E-state index is 5.74. The monoisotopic (exact) mass is 203 g/mol. The largest absolute Gasteiger partial charge is 0.382 e. The molecule has 1 aromatic carbocycles. The van der Waals surface area contributed by atoms with E-state index < -0.39 is 0 Å². The van der Waals surface area contributed by atoms with E-state index in [-0.39, 0.29) is 12.4 Å². The van der Waals surface area contributed by atoms with Gasteiger partial charge in [-0.15, -0.1) is 12.4 Å². The van der Waals surface area contributed by atoms with E-state index in [1.807, 2.05) is 24.3 Å². The van der Waals surface area contributed by atoms with Crippen molar-refractivity contribution in [3.8, 4) is 0 Å². The molecule has 1 fully saturated rings. The van der Waals surface area contributed by atoms with E-state index in [9.17, 15) is 0 Å². The minimum Gasteiger partial charge on any atom is -0.382 e. The van der Waals surface area contributed by atoms with Crippen molar-refractivity contribution in [1.82, 2.24) is 0 Å². The smallest absolute Gasteiger partial charge is 0.0407 e. The predicted molar refractivity (Wildman–Crippen MR) is 55.3 cm³/mol. The molecule has 1 saturated carbocycles. The standard InChI is InChI=1S/C9H10ClN.ClH/c10-7-1-3-8(4-2-7)11-9-5-6-9;/h1-4,9,11H,5-6H2;1H. The third-order valence-electron chi connectivity index (χ3n) is 1.79. The maximum absolute atomic E-state index is 5.74. The average molecular weight is 204 g/mol. The molecule has 0 unspecified atom stereocenters. The van der Waals surface area contributed by atoms with Gasteiger partial charge < -0.3 is 5.32 Å². The summed E-state index contributed by atoms with van der Waals surface area (Å²) in [7, 11) is 0. The molecule has 0 amide bonds. The van der Waals surface area contributed by atoms with Crippen molar-refractivity contribution in [2.45, 2.75) is 18.9 Å². The Kier molecular flexibility index (Phi) is 3.24. The van der Waals surface area contributed by atoms with Gasteiger partial charge in [0.2, 0.25) is 0 Å². The summed E-state index contributed by atoms with van der Waals surface area (Å²) in [5.41, 5.74) is 1.18. The molecule has 2 rings (SSSR count). The van der Waals surface area contributed by atoms with E-state index in [0.29, 0.717) is 0 Å². The number of hydrogen-bond donors (Lipinski definition) is 1. The van der Waals surface area contributed by atoms with Gasteiger partial charge in [-0.05, 0) is 37.1 Å². The van der Waals surface area contributed by atoms with Crippen LogP contribution in [0.15, 0.2) is 24.3 Å². The summed E-state index contributed by atoms with van der Waals surface area (Å²) in [6.07, 6.45) is 2.62. The molecule has 0 heterocycles. The first-order valence-electron chi connectivity index (χ1n) is 3.87. The molecule has 0 aliphatic heterocycles. The first kappa shape index (κ1) is 9.69. The molecule has 0 saturated heterocycles. The van der Waals surface area contributed by atoms with Crippen molar-refractivity contribution in [2.24, 2.45) is 0 Å². The molecule has 0 aromatic heterocycles. The maximum Gasteiger partial charge on any atom is 0.0407 e.